The second-order valence-electron chi connectivity index (χ2n) is 7.32. The van der Waals surface area contributed by atoms with Crippen molar-refractivity contribution in [3.05, 3.63) is 42.1 Å². The van der Waals surface area contributed by atoms with Gasteiger partial charge in [-0.2, -0.15) is 5.10 Å². The molecule has 4 rings (SSSR count). The van der Waals surface area contributed by atoms with Gasteiger partial charge in [0.2, 0.25) is 5.91 Å². The first-order valence-electron chi connectivity index (χ1n) is 9.40. The average molecular weight is 391 g/mol. The first kappa shape index (κ1) is 19.9. The van der Waals surface area contributed by atoms with Gasteiger partial charge in [-0.1, -0.05) is 30.3 Å². The summed E-state index contributed by atoms with van der Waals surface area (Å²) in [6.07, 6.45) is 3.01. The van der Waals surface area contributed by atoms with Crippen LogP contribution in [-0.4, -0.2) is 53.3 Å². The topological polar surface area (TPSA) is 70.2 Å². The van der Waals surface area contributed by atoms with Gasteiger partial charge >= 0.3 is 0 Å². The zero-order valence-corrected chi connectivity index (χ0v) is 16.4. The summed E-state index contributed by atoms with van der Waals surface area (Å²) < 4.78 is 5.81. The lowest BCUT2D eigenvalue weighted by Gasteiger charge is -2.40. The highest BCUT2D eigenvalue weighted by atomic mass is 35.5. The molecule has 0 unspecified atom stereocenters. The Balaban J connectivity index is 0.00000210. The van der Waals surface area contributed by atoms with Crippen molar-refractivity contribution >= 4 is 18.3 Å². The number of hydrogen-bond acceptors (Lipinski definition) is 4. The van der Waals surface area contributed by atoms with E-state index in [-0.39, 0.29) is 30.3 Å². The molecule has 1 aliphatic carbocycles. The Morgan fingerprint density at radius 2 is 2.11 bits per heavy atom. The number of halogens is 1. The van der Waals surface area contributed by atoms with Crippen LogP contribution in [0.15, 0.2) is 36.4 Å². The summed E-state index contributed by atoms with van der Waals surface area (Å²) in [6, 6.07) is 12.4. The number of fused-ring (bicyclic) bond motifs is 1. The van der Waals surface area contributed by atoms with Crippen molar-refractivity contribution < 1.29 is 9.53 Å². The van der Waals surface area contributed by atoms with E-state index in [2.05, 4.69) is 15.5 Å². The van der Waals surface area contributed by atoms with E-state index < -0.39 is 0 Å². The van der Waals surface area contributed by atoms with E-state index in [1.165, 1.54) is 0 Å². The highest BCUT2D eigenvalue weighted by Crippen LogP contribution is 2.29. The minimum Gasteiger partial charge on any atom is -0.375 e. The second-order valence-corrected chi connectivity index (χ2v) is 7.32. The third-order valence-electron chi connectivity index (χ3n) is 5.46. The van der Waals surface area contributed by atoms with E-state index in [0.29, 0.717) is 12.6 Å². The van der Waals surface area contributed by atoms with E-state index in [4.69, 9.17) is 4.74 Å². The molecule has 0 bridgehead atoms. The molecule has 7 heteroatoms. The fourth-order valence-electron chi connectivity index (χ4n) is 4.08. The molecular formula is C20H27ClN4O2. The van der Waals surface area contributed by atoms with Crippen molar-refractivity contribution in [2.45, 2.75) is 38.0 Å². The zero-order valence-electron chi connectivity index (χ0n) is 15.6. The molecule has 1 aromatic carbocycles. The first-order chi connectivity index (χ1) is 12.7. The Bertz CT molecular complexity index is 751. The fraction of sp³-hybridized carbons (Fsp3) is 0.500. The Morgan fingerprint density at radius 3 is 2.93 bits per heavy atom. The molecular weight excluding hydrogens is 364 g/mol. The maximum absolute atomic E-state index is 12.9. The molecule has 1 saturated heterocycles. The third kappa shape index (κ3) is 4.51. The van der Waals surface area contributed by atoms with Gasteiger partial charge in [0.15, 0.2) is 0 Å². The Morgan fingerprint density at radius 1 is 1.30 bits per heavy atom. The van der Waals surface area contributed by atoms with Gasteiger partial charge in [-0.05, 0) is 25.3 Å². The number of aromatic amines is 1. The van der Waals surface area contributed by atoms with Crippen LogP contribution in [0.3, 0.4) is 0 Å². The predicted molar refractivity (Wildman–Crippen MR) is 107 cm³/mol. The summed E-state index contributed by atoms with van der Waals surface area (Å²) in [7, 11) is 1.88. The monoisotopic (exact) mass is 390 g/mol. The standard InChI is InChI=1S/C20H26N4O2.ClH/c1-24(13-16-12-17(23-22-16)14-5-3-2-4-6-14)20(25)15-7-8-19-18(11-15)21-9-10-26-19;/h2-6,12,15,18-19,21H,7-11,13H2,1H3,(H,22,23);1H/t15-,18+,19+;/m0./s1. The third-order valence-corrected chi connectivity index (χ3v) is 5.46. The van der Waals surface area contributed by atoms with Crippen molar-refractivity contribution in [3.8, 4) is 11.3 Å². The van der Waals surface area contributed by atoms with Gasteiger partial charge in [0, 0.05) is 31.1 Å². The van der Waals surface area contributed by atoms with Crippen molar-refractivity contribution in [1.29, 1.82) is 0 Å². The lowest BCUT2D eigenvalue weighted by molar-refractivity contribution is -0.138. The number of morpholine rings is 1. The van der Waals surface area contributed by atoms with Gasteiger partial charge in [-0.15, -0.1) is 12.4 Å². The Kier molecular flexibility index (Phi) is 6.52. The normalized spacial score (nSPS) is 24.6. The summed E-state index contributed by atoms with van der Waals surface area (Å²) in [5.41, 5.74) is 2.93. The van der Waals surface area contributed by atoms with E-state index >= 15 is 0 Å². The van der Waals surface area contributed by atoms with Gasteiger partial charge < -0.3 is 15.0 Å². The van der Waals surface area contributed by atoms with Crippen molar-refractivity contribution in [1.82, 2.24) is 20.4 Å². The average Bonchev–Trinajstić information content (AvgIpc) is 3.16. The molecule has 2 aromatic rings. The molecule has 2 fully saturated rings. The molecule has 146 valence electrons. The summed E-state index contributed by atoms with van der Waals surface area (Å²) in [4.78, 5) is 14.7. The van der Waals surface area contributed by atoms with Crippen molar-refractivity contribution in [2.75, 3.05) is 20.2 Å². The van der Waals surface area contributed by atoms with Crippen LogP contribution in [0, 0.1) is 5.92 Å². The SMILES string of the molecule is CN(Cc1cc(-c2ccccc2)n[nH]1)C(=O)[C@H]1CC[C@H]2OCCN[C@@H]2C1.Cl. The molecule has 6 nitrogen and oxygen atoms in total. The molecule has 0 spiro atoms. The predicted octanol–water partition coefficient (Wildman–Crippen LogP) is 2.61. The van der Waals surface area contributed by atoms with Crippen LogP contribution in [0.1, 0.15) is 25.0 Å². The Labute approximate surface area is 166 Å². The minimum absolute atomic E-state index is 0. The maximum atomic E-state index is 12.9. The molecule has 27 heavy (non-hydrogen) atoms. The highest BCUT2D eigenvalue weighted by molar-refractivity contribution is 5.85. The van der Waals surface area contributed by atoms with Crippen molar-refractivity contribution in [3.63, 3.8) is 0 Å². The Hall–Kier alpha value is -1.89. The minimum atomic E-state index is 0. The van der Waals surface area contributed by atoms with Gasteiger partial charge in [0.1, 0.15) is 0 Å². The molecule has 0 radical (unpaired) electrons. The number of hydrogen-bond donors (Lipinski definition) is 2. The molecule has 1 amide bonds. The van der Waals surface area contributed by atoms with E-state index in [9.17, 15) is 4.79 Å². The lowest BCUT2D eigenvalue weighted by Crippen LogP contribution is -2.53. The maximum Gasteiger partial charge on any atom is 0.225 e. The van der Waals surface area contributed by atoms with Gasteiger partial charge in [-0.25, -0.2) is 0 Å². The molecule has 1 aliphatic heterocycles. The van der Waals surface area contributed by atoms with Crippen LogP contribution in [0.2, 0.25) is 0 Å². The van der Waals surface area contributed by atoms with Crippen LogP contribution >= 0.6 is 12.4 Å². The molecule has 2 N–H and O–H groups in total. The smallest absolute Gasteiger partial charge is 0.225 e. The first-order valence-corrected chi connectivity index (χ1v) is 9.40. The van der Waals surface area contributed by atoms with Crippen molar-refractivity contribution in [2.24, 2.45) is 5.92 Å². The number of H-pyrrole nitrogens is 1. The van der Waals surface area contributed by atoms with Crippen LogP contribution < -0.4 is 5.32 Å². The number of ether oxygens (including phenoxy) is 1. The number of amides is 1. The lowest BCUT2D eigenvalue weighted by atomic mass is 9.82. The number of carbonyl (C=O) groups is 1. The number of aromatic nitrogens is 2. The largest absolute Gasteiger partial charge is 0.375 e. The van der Waals surface area contributed by atoms with Gasteiger partial charge in [0.05, 0.1) is 30.6 Å². The summed E-state index contributed by atoms with van der Waals surface area (Å²) in [5.74, 6) is 0.290. The number of carbonyl (C=O) groups excluding carboxylic acids is 1. The van der Waals surface area contributed by atoms with Crippen LogP contribution in [0.25, 0.3) is 11.3 Å². The zero-order chi connectivity index (χ0) is 17.9. The fourth-order valence-corrected chi connectivity index (χ4v) is 4.08. The number of benzene rings is 1. The van der Waals surface area contributed by atoms with Gasteiger partial charge in [0.25, 0.3) is 0 Å². The number of nitrogens with one attached hydrogen (secondary N) is 2. The molecule has 1 aromatic heterocycles. The highest BCUT2D eigenvalue weighted by Gasteiger charge is 2.36. The van der Waals surface area contributed by atoms with E-state index in [0.717, 1.165) is 49.4 Å². The quantitative estimate of drug-likeness (QED) is 0.841. The number of nitrogens with zero attached hydrogens (tertiary/aromatic N) is 2. The molecule has 3 atom stereocenters. The van der Waals surface area contributed by atoms with Gasteiger partial charge in [-0.3, -0.25) is 9.89 Å². The molecule has 2 aliphatic rings. The summed E-state index contributed by atoms with van der Waals surface area (Å²) >= 11 is 0. The summed E-state index contributed by atoms with van der Waals surface area (Å²) in [5, 5.41) is 10.9. The summed E-state index contributed by atoms with van der Waals surface area (Å²) in [6.45, 7) is 2.21. The van der Waals surface area contributed by atoms with E-state index in [1.807, 2.05) is 48.3 Å². The second kappa shape index (κ2) is 8.87. The molecule has 2 heterocycles. The van der Waals surface area contributed by atoms with Crippen LogP contribution in [-0.2, 0) is 16.1 Å². The number of rotatable bonds is 4. The van der Waals surface area contributed by atoms with E-state index in [1.54, 1.807) is 0 Å². The van der Waals surface area contributed by atoms with Crippen LogP contribution in [0.5, 0.6) is 0 Å². The molecule has 1 saturated carbocycles. The van der Waals surface area contributed by atoms with Crippen LogP contribution in [0.4, 0.5) is 0 Å².